The van der Waals surface area contributed by atoms with E-state index in [0.717, 1.165) is 0 Å². The number of nitrogens with one attached hydrogen (secondary N) is 2. The Morgan fingerprint density at radius 3 is 2.67 bits per heavy atom. The Hall–Kier alpha value is -3.09. The van der Waals surface area contributed by atoms with E-state index >= 15 is 0 Å². The molecule has 0 bridgehead atoms. The Morgan fingerprint density at radius 1 is 1.12 bits per heavy atom. The molecule has 2 aromatic carbocycles. The van der Waals surface area contributed by atoms with Crippen LogP contribution in [0.5, 0.6) is 5.75 Å². The van der Waals surface area contributed by atoms with Crippen LogP contribution < -0.4 is 15.4 Å². The molecule has 0 aliphatic rings. The summed E-state index contributed by atoms with van der Waals surface area (Å²) < 4.78 is 22.9. The predicted octanol–water partition coefficient (Wildman–Crippen LogP) is 2.81. The molecule has 126 valence electrons. The molecule has 0 fully saturated rings. The normalized spacial score (nSPS) is 9.92. The van der Waals surface area contributed by atoms with Crippen molar-refractivity contribution in [2.24, 2.45) is 0 Å². The standard InChI is InChI=1S/C17H17FN2O4/c1-23-16(21)14-7-2-3-8-15(14)20-17(22)19-9-10-24-13-6-4-5-12(18)11-13/h2-8,11H,9-10H2,1H3,(H2,19,20,22). The van der Waals surface area contributed by atoms with Gasteiger partial charge in [0.15, 0.2) is 0 Å². The van der Waals surface area contributed by atoms with Crippen molar-refractivity contribution in [1.29, 1.82) is 0 Å². The molecule has 24 heavy (non-hydrogen) atoms. The second kappa shape index (κ2) is 8.52. The van der Waals surface area contributed by atoms with E-state index in [1.165, 1.54) is 25.3 Å². The second-order valence-electron chi connectivity index (χ2n) is 4.72. The van der Waals surface area contributed by atoms with Crippen LogP contribution in [-0.2, 0) is 4.74 Å². The number of methoxy groups -OCH3 is 1. The van der Waals surface area contributed by atoms with Crippen LogP contribution in [0.4, 0.5) is 14.9 Å². The van der Waals surface area contributed by atoms with E-state index in [-0.39, 0.29) is 18.7 Å². The van der Waals surface area contributed by atoms with Gasteiger partial charge in [0.25, 0.3) is 0 Å². The molecule has 0 aliphatic heterocycles. The van der Waals surface area contributed by atoms with Crippen molar-refractivity contribution in [1.82, 2.24) is 5.32 Å². The highest BCUT2D eigenvalue weighted by Crippen LogP contribution is 2.15. The number of rotatable bonds is 6. The minimum Gasteiger partial charge on any atom is -0.492 e. The first-order valence-electron chi connectivity index (χ1n) is 7.20. The van der Waals surface area contributed by atoms with Gasteiger partial charge >= 0.3 is 12.0 Å². The van der Waals surface area contributed by atoms with Crippen molar-refractivity contribution in [3.63, 3.8) is 0 Å². The highest BCUT2D eigenvalue weighted by atomic mass is 19.1. The number of hydrogen-bond donors (Lipinski definition) is 2. The molecule has 0 spiro atoms. The van der Waals surface area contributed by atoms with Gasteiger partial charge in [0.1, 0.15) is 18.2 Å². The third-order valence-electron chi connectivity index (χ3n) is 3.03. The van der Waals surface area contributed by atoms with Gasteiger partial charge in [0.2, 0.25) is 0 Å². The lowest BCUT2D eigenvalue weighted by Crippen LogP contribution is -2.32. The van der Waals surface area contributed by atoms with Crippen LogP contribution in [0.3, 0.4) is 0 Å². The highest BCUT2D eigenvalue weighted by molar-refractivity contribution is 6.00. The zero-order chi connectivity index (χ0) is 17.4. The molecule has 0 heterocycles. The maximum Gasteiger partial charge on any atom is 0.339 e. The van der Waals surface area contributed by atoms with E-state index in [4.69, 9.17) is 4.74 Å². The summed E-state index contributed by atoms with van der Waals surface area (Å²) in [5, 5.41) is 5.15. The average molecular weight is 332 g/mol. The Morgan fingerprint density at radius 2 is 1.92 bits per heavy atom. The highest BCUT2D eigenvalue weighted by Gasteiger charge is 2.12. The van der Waals surface area contributed by atoms with Gasteiger partial charge in [-0.1, -0.05) is 18.2 Å². The molecule has 0 unspecified atom stereocenters. The van der Waals surface area contributed by atoms with Crippen LogP contribution in [0.1, 0.15) is 10.4 Å². The smallest absolute Gasteiger partial charge is 0.339 e. The van der Waals surface area contributed by atoms with Gasteiger partial charge in [-0.05, 0) is 24.3 Å². The minimum absolute atomic E-state index is 0.176. The molecule has 6 nitrogen and oxygen atoms in total. The monoisotopic (exact) mass is 332 g/mol. The third kappa shape index (κ3) is 4.98. The average Bonchev–Trinajstić information content (AvgIpc) is 2.58. The fraction of sp³-hybridized carbons (Fsp3) is 0.176. The molecular formula is C17H17FN2O4. The van der Waals surface area contributed by atoms with Crippen LogP contribution in [0.2, 0.25) is 0 Å². The van der Waals surface area contributed by atoms with Crippen molar-refractivity contribution < 1.29 is 23.5 Å². The van der Waals surface area contributed by atoms with E-state index in [0.29, 0.717) is 11.4 Å². The zero-order valence-electron chi connectivity index (χ0n) is 13.0. The predicted molar refractivity (Wildman–Crippen MR) is 86.7 cm³/mol. The van der Waals surface area contributed by atoms with Crippen molar-refractivity contribution in [2.75, 3.05) is 25.6 Å². The number of halogens is 1. The number of amides is 2. The number of carbonyl (C=O) groups is 2. The number of benzene rings is 2. The molecule has 0 radical (unpaired) electrons. The topological polar surface area (TPSA) is 76.7 Å². The molecule has 2 aromatic rings. The van der Waals surface area contributed by atoms with Crippen molar-refractivity contribution in [2.45, 2.75) is 0 Å². The fourth-order valence-electron chi connectivity index (χ4n) is 1.94. The largest absolute Gasteiger partial charge is 0.492 e. The van der Waals surface area contributed by atoms with Crippen LogP contribution in [-0.4, -0.2) is 32.3 Å². The number of urea groups is 1. The van der Waals surface area contributed by atoms with E-state index in [1.807, 2.05) is 0 Å². The first-order valence-corrected chi connectivity index (χ1v) is 7.20. The Kier molecular flexibility index (Phi) is 6.13. The van der Waals surface area contributed by atoms with E-state index in [9.17, 15) is 14.0 Å². The summed E-state index contributed by atoms with van der Waals surface area (Å²) in [6.45, 7) is 0.387. The Labute approximate surface area is 138 Å². The molecule has 2 N–H and O–H groups in total. The first-order chi connectivity index (χ1) is 11.6. The summed E-state index contributed by atoms with van der Waals surface area (Å²) >= 11 is 0. The first kappa shape index (κ1) is 17.3. The molecular weight excluding hydrogens is 315 g/mol. The second-order valence-corrected chi connectivity index (χ2v) is 4.72. The molecule has 0 aromatic heterocycles. The van der Waals surface area contributed by atoms with Gasteiger partial charge in [-0.3, -0.25) is 0 Å². The summed E-state index contributed by atoms with van der Waals surface area (Å²) in [6.07, 6.45) is 0. The summed E-state index contributed by atoms with van der Waals surface area (Å²) in [5.74, 6) is -0.550. The number of anilines is 1. The van der Waals surface area contributed by atoms with Crippen LogP contribution in [0.15, 0.2) is 48.5 Å². The quantitative estimate of drug-likeness (QED) is 0.630. The summed E-state index contributed by atoms with van der Waals surface area (Å²) in [6, 6.07) is 11.7. The molecule has 2 amide bonds. The fourth-order valence-corrected chi connectivity index (χ4v) is 1.94. The van der Waals surface area contributed by atoms with Crippen LogP contribution in [0.25, 0.3) is 0 Å². The molecule has 0 atom stereocenters. The maximum absolute atomic E-state index is 13.0. The summed E-state index contributed by atoms with van der Waals surface area (Å²) in [7, 11) is 1.27. The van der Waals surface area contributed by atoms with Crippen LogP contribution in [0, 0.1) is 5.82 Å². The van der Waals surface area contributed by atoms with Gasteiger partial charge in [-0.15, -0.1) is 0 Å². The van der Waals surface area contributed by atoms with Gasteiger partial charge in [-0.2, -0.15) is 0 Å². The molecule has 7 heteroatoms. The van der Waals surface area contributed by atoms with Gasteiger partial charge in [0, 0.05) is 6.07 Å². The van der Waals surface area contributed by atoms with Crippen molar-refractivity contribution >= 4 is 17.7 Å². The van der Waals surface area contributed by atoms with E-state index < -0.39 is 17.8 Å². The third-order valence-corrected chi connectivity index (χ3v) is 3.03. The lowest BCUT2D eigenvalue weighted by molar-refractivity contribution is 0.0602. The number of esters is 1. The minimum atomic E-state index is -0.541. The molecule has 0 aliphatic carbocycles. The number of hydrogen-bond acceptors (Lipinski definition) is 4. The summed E-state index contributed by atoms with van der Waals surface area (Å²) in [5.41, 5.74) is 0.596. The van der Waals surface area contributed by atoms with Gasteiger partial charge in [-0.25, -0.2) is 14.0 Å². The Bertz CT molecular complexity index is 721. The molecule has 0 saturated heterocycles. The van der Waals surface area contributed by atoms with E-state index in [2.05, 4.69) is 15.4 Å². The van der Waals surface area contributed by atoms with Crippen molar-refractivity contribution in [3.05, 3.63) is 59.9 Å². The number of para-hydroxylation sites is 1. The lowest BCUT2D eigenvalue weighted by Gasteiger charge is -2.11. The van der Waals surface area contributed by atoms with Crippen LogP contribution >= 0.6 is 0 Å². The number of carbonyl (C=O) groups excluding carboxylic acids is 2. The molecule has 0 saturated carbocycles. The van der Waals surface area contributed by atoms with Crippen molar-refractivity contribution in [3.8, 4) is 5.75 Å². The van der Waals surface area contributed by atoms with Gasteiger partial charge in [0.05, 0.1) is 24.9 Å². The maximum atomic E-state index is 13.0. The summed E-state index contributed by atoms with van der Waals surface area (Å²) in [4.78, 5) is 23.5. The van der Waals surface area contributed by atoms with E-state index in [1.54, 1.807) is 30.3 Å². The lowest BCUT2D eigenvalue weighted by atomic mass is 10.2. The molecule has 2 rings (SSSR count). The Balaban J connectivity index is 1.81. The zero-order valence-corrected chi connectivity index (χ0v) is 13.0. The SMILES string of the molecule is COC(=O)c1ccccc1NC(=O)NCCOc1cccc(F)c1. The van der Waals surface area contributed by atoms with Gasteiger partial charge < -0.3 is 20.1 Å². The number of ether oxygens (including phenoxy) is 2.